The maximum atomic E-state index is 13.7. The Hall–Kier alpha value is -4.19. The van der Waals surface area contributed by atoms with Gasteiger partial charge in [0.25, 0.3) is 0 Å². The molecule has 1 N–H and O–H groups in total. The number of anilines is 1. The number of rotatable bonds is 11. The highest BCUT2D eigenvalue weighted by molar-refractivity contribution is 5.98. The van der Waals surface area contributed by atoms with Gasteiger partial charge in [0.15, 0.2) is 0 Å². The minimum Gasteiger partial charge on any atom is -0.333 e. The van der Waals surface area contributed by atoms with Crippen LogP contribution in [0.2, 0.25) is 0 Å². The Kier molecular flexibility index (Phi) is 9.31. The van der Waals surface area contributed by atoms with E-state index in [-0.39, 0.29) is 24.3 Å². The molecule has 0 aliphatic carbocycles. The van der Waals surface area contributed by atoms with Crippen LogP contribution in [-0.2, 0) is 9.59 Å². The van der Waals surface area contributed by atoms with Crippen LogP contribution in [0.3, 0.4) is 0 Å². The third kappa shape index (κ3) is 6.45. The molecule has 0 saturated heterocycles. The van der Waals surface area contributed by atoms with Gasteiger partial charge in [0.2, 0.25) is 11.8 Å². The number of hydrogen-bond acceptors (Lipinski definition) is 3. The Morgan fingerprint density at radius 3 is 2.18 bits per heavy atom. The number of carbonyl (C=O) groups excluding carboxylic acids is 2. The first-order valence-corrected chi connectivity index (χ1v) is 13.8. The van der Waals surface area contributed by atoms with Crippen LogP contribution in [0.5, 0.6) is 0 Å². The summed E-state index contributed by atoms with van der Waals surface area (Å²) in [4.78, 5) is 29.1. The molecule has 0 radical (unpaired) electrons. The fraction of sp³-hybridized carbons (Fsp3) is 0.303. The minimum atomic E-state index is -0.282. The van der Waals surface area contributed by atoms with Gasteiger partial charge >= 0.3 is 0 Å². The summed E-state index contributed by atoms with van der Waals surface area (Å²) < 4.78 is 1.81. The quantitative estimate of drug-likeness (QED) is 0.233. The number of para-hydroxylation sites is 1. The molecular weight excluding hydrogens is 484 g/mol. The lowest BCUT2D eigenvalue weighted by atomic mass is 9.95. The Bertz CT molecular complexity index is 1400. The van der Waals surface area contributed by atoms with E-state index in [4.69, 9.17) is 5.10 Å². The first-order chi connectivity index (χ1) is 18.9. The summed E-state index contributed by atoms with van der Waals surface area (Å²) in [7, 11) is 0. The summed E-state index contributed by atoms with van der Waals surface area (Å²) in [6.07, 6.45) is 2.44. The van der Waals surface area contributed by atoms with Crippen molar-refractivity contribution in [3.05, 3.63) is 102 Å². The molecule has 0 fully saturated rings. The molecule has 1 unspecified atom stereocenters. The van der Waals surface area contributed by atoms with Crippen LogP contribution < -0.4 is 5.32 Å². The predicted molar refractivity (Wildman–Crippen MR) is 158 cm³/mol. The SMILES string of the molecule is CCCCN(CC(=O)Nc1c(-c2ccccc2)c(C)nn1-c1ccccc1C)C(=O)C(CC)c1ccccc1. The van der Waals surface area contributed by atoms with Crippen LogP contribution in [-0.4, -0.2) is 39.6 Å². The predicted octanol–water partition coefficient (Wildman–Crippen LogP) is 6.92. The van der Waals surface area contributed by atoms with Crippen molar-refractivity contribution in [2.24, 2.45) is 0 Å². The van der Waals surface area contributed by atoms with E-state index in [1.807, 2.05) is 110 Å². The van der Waals surface area contributed by atoms with E-state index in [2.05, 4.69) is 12.2 Å². The number of amides is 2. The molecule has 2 amide bonds. The molecule has 0 saturated carbocycles. The Labute approximate surface area is 231 Å². The van der Waals surface area contributed by atoms with E-state index in [1.54, 1.807) is 4.90 Å². The first kappa shape index (κ1) is 27.8. The van der Waals surface area contributed by atoms with E-state index < -0.39 is 0 Å². The summed E-state index contributed by atoms with van der Waals surface area (Å²) in [6, 6.07) is 27.8. The van der Waals surface area contributed by atoms with Gasteiger partial charge in [-0.3, -0.25) is 9.59 Å². The highest BCUT2D eigenvalue weighted by Crippen LogP contribution is 2.34. The maximum absolute atomic E-state index is 13.7. The van der Waals surface area contributed by atoms with E-state index in [0.29, 0.717) is 18.8 Å². The highest BCUT2D eigenvalue weighted by atomic mass is 16.2. The highest BCUT2D eigenvalue weighted by Gasteiger charge is 2.27. The van der Waals surface area contributed by atoms with E-state index in [9.17, 15) is 9.59 Å². The largest absolute Gasteiger partial charge is 0.333 e. The molecule has 39 heavy (non-hydrogen) atoms. The lowest BCUT2D eigenvalue weighted by molar-refractivity contribution is -0.136. The zero-order valence-electron chi connectivity index (χ0n) is 23.4. The second-order valence-electron chi connectivity index (χ2n) is 9.91. The van der Waals surface area contributed by atoms with Gasteiger partial charge in [-0.1, -0.05) is 99.1 Å². The second kappa shape index (κ2) is 13.1. The number of aromatic nitrogens is 2. The molecule has 1 atom stereocenters. The van der Waals surface area contributed by atoms with Crippen molar-refractivity contribution in [1.29, 1.82) is 0 Å². The van der Waals surface area contributed by atoms with Crippen molar-refractivity contribution >= 4 is 17.6 Å². The zero-order chi connectivity index (χ0) is 27.8. The fourth-order valence-electron chi connectivity index (χ4n) is 4.99. The summed E-state index contributed by atoms with van der Waals surface area (Å²) >= 11 is 0. The number of hydrogen-bond donors (Lipinski definition) is 1. The van der Waals surface area contributed by atoms with E-state index in [1.165, 1.54) is 0 Å². The lowest BCUT2D eigenvalue weighted by Gasteiger charge is -2.27. The van der Waals surface area contributed by atoms with Crippen molar-refractivity contribution in [2.45, 2.75) is 52.9 Å². The summed E-state index contributed by atoms with van der Waals surface area (Å²) in [5.41, 5.74) is 5.57. The van der Waals surface area contributed by atoms with Gasteiger partial charge in [-0.2, -0.15) is 5.10 Å². The lowest BCUT2D eigenvalue weighted by Crippen LogP contribution is -2.41. The number of nitrogens with one attached hydrogen (secondary N) is 1. The average Bonchev–Trinajstić information content (AvgIpc) is 3.27. The van der Waals surface area contributed by atoms with Crippen LogP contribution in [0.15, 0.2) is 84.9 Å². The van der Waals surface area contributed by atoms with Gasteiger partial charge in [0.1, 0.15) is 5.82 Å². The van der Waals surface area contributed by atoms with Crippen molar-refractivity contribution in [2.75, 3.05) is 18.4 Å². The maximum Gasteiger partial charge on any atom is 0.245 e. The Morgan fingerprint density at radius 1 is 0.897 bits per heavy atom. The standard InChI is InChI=1S/C33H38N4O2/c1-5-7-22-36(33(39)28(6-2)26-17-10-8-11-18-26)23-30(38)34-32-31(27-19-12-9-13-20-27)25(4)35-37(32)29-21-15-14-16-24(29)3/h8-21,28H,5-7,22-23H2,1-4H3,(H,34,38). The molecule has 202 valence electrons. The number of aryl methyl sites for hydroxylation is 2. The normalized spacial score (nSPS) is 11.7. The van der Waals surface area contributed by atoms with E-state index in [0.717, 1.165) is 46.5 Å². The summed E-state index contributed by atoms with van der Waals surface area (Å²) in [5.74, 6) is 0.0694. The second-order valence-corrected chi connectivity index (χ2v) is 9.91. The van der Waals surface area contributed by atoms with Crippen LogP contribution >= 0.6 is 0 Å². The number of benzene rings is 3. The van der Waals surface area contributed by atoms with Crippen molar-refractivity contribution in [3.63, 3.8) is 0 Å². The number of nitrogens with zero attached hydrogens (tertiary/aromatic N) is 3. The fourth-order valence-corrected chi connectivity index (χ4v) is 4.99. The van der Waals surface area contributed by atoms with Crippen LogP contribution in [0, 0.1) is 13.8 Å². The average molecular weight is 523 g/mol. The molecule has 1 heterocycles. The molecule has 6 nitrogen and oxygen atoms in total. The molecular formula is C33H38N4O2. The van der Waals surface area contributed by atoms with Crippen LogP contribution in [0.4, 0.5) is 5.82 Å². The van der Waals surface area contributed by atoms with Crippen molar-refractivity contribution in [1.82, 2.24) is 14.7 Å². The molecule has 4 rings (SSSR count). The molecule has 0 spiro atoms. The van der Waals surface area contributed by atoms with Gasteiger partial charge in [-0.25, -0.2) is 4.68 Å². The molecule has 4 aromatic rings. The molecule has 0 aliphatic rings. The molecule has 3 aromatic carbocycles. The number of carbonyl (C=O) groups is 2. The Morgan fingerprint density at radius 2 is 1.54 bits per heavy atom. The first-order valence-electron chi connectivity index (χ1n) is 13.8. The van der Waals surface area contributed by atoms with Crippen LogP contribution in [0.1, 0.15) is 55.8 Å². The Balaban J connectivity index is 1.67. The molecule has 0 aliphatic heterocycles. The van der Waals surface area contributed by atoms with Gasteiger partial charge in [0, 0.05) is 12.1 Å². The third-order valence-corrected chi connectivity index (χ3v) is 7.06. The van der Waals surface area contributed by atoms with Gasteiger partial charge in [-0.15, -0.1) is 0 Å². The zero-order valence-corrected chi connectivity index (χ0v) is 23.4. The minimum absolute atomic E-state index is 0.0147. The molecule has 6 heteroatoms. The van der Waals surface area contributed by atoms with E-state index >= 15 is 0 Å². The van der Waals surface area contributed by atoms with Crippen molar-refractivity contribution < 1.29 is 9.59 Å². The monoisotopic (exact) mass is 522 g/mol. The summed E-state index contributed by atoms with van der Waals surface area (Å²) in [6.45, 7) is 8.60. The smallest absolute Gasteiger partial charge is 0.245 e. The van der Waals surface area contributed by atoms with Gasteiger partial charge in [-0.05, 0) is 49.4 Å². The molecule has 1 aromatic heterocycles. The number of unbranched alkanes of at least 4 members (excludes halogenated alkanes) is 1. The van der Waals surface area contributed by atoms with Gasteiger partial charge in [0.05, 0.1) is 23.8 Å². The third-order valence-electron chi connectivity index (χ3n) is 7.06. The van der Waals surface area contributed by atoms with Crippen LogP contribution in [0.25, 0.3) is 16.8 Å². The van der Waals surface area contributed by atoms with Gasteiger partial charge < -0.3 is 10.2 Å². The molecule has 0 bridgehead atoms. The summed E-state index contributed by atoms with van der Waals surface area (Å²) in [5, 5.41) is 7.99. The van der Waals surface area contributed by atoms with Crippen molar-refractivity contribution in [3.8, 4) is 16.8 Å². The topological polar surface area (TPSA) is 67.2 Å².